The van der Waals surface area contributed by atoms with Gasteiger partial charge in [0.15, 0.2) is 0 Å². The van der Waals surface area contributed by atoms with Crippen molar-refractivity contribution >= 4 is 17.5 Å². The molecule has 0 atom stereocenters. The van der Waals surface area contributed by atoms with Crippen molar-refractivity contribution in [2.24, 2.45) is 5.84 Å². The number of hydrazine groups is 1. The van der Waals surface area contributed by atoms with Crippen LogP contribution in [0.25, 0.3) is 0 Å². The maximum Gasteiger partial charge on any atom is 0.239 e. The van der Waals surface area contributed by atoms with E-state index in [1.165, 1.54) is 0 Å². The summed E-state index contributed by atoms with van der Waals surface area (Å²) in [6, 6.07) is 5.84. The molecule has 1 aromatic heterocycles. The van der Waals surface area contributed by atoms with E-state index in [9.17, 15) is 0 Å². The highest BCUT2D eigenvalue weighted by atomic mass is 16.5. The summed E-state index contributed by atoms with van der Waals surface area (Å²) in [4.78, 5) is 8.31. The smallest absolute Gasteiger partial charge is 0.239 e. The monoisotopic (exact) mass is 259 g/mol. The predicted molar refractivity (Wildman–Crippen MR) is 75.6 cm³/mol. The van der Waals surface area contributed by atoms with Gasteiger partial charge in [-0.1, -0.05) is 0 Å². The fraction of sp³-hybridized carbons (Fsp3) is 0.231. The molecule has 0 fully saturated rings. The van der Waals surface area contributed by atoms with Crippen LogP contribution in [0.5, 0.6) is 5.75 Å². The second-order valence-electron chi connectivity index (χ2n) is 4.18. The Bertz CT molecular complexity index is 585. The number of benzene rings is 1. The van der Waals surface area contributed by atoms with E-state index >= 15 is 0 Å². The van der Waals surface area contributed by atoms with Gasteiger partial charge >= 0.3 is 0 Å². The lowest BCUT2D eigenvalue weighted by molar-refractivity contribution is 0.412. The molecule has 0 aliphatic rings. The lowest BCUT2D eigenvalue weighted by Gasteiger charge is -2.11. The molecular formula is C13H17N5O. The molecule has 0 unspecified atom stereocenters. The summed E-state index contributed by atoms with van der Waals surface area (Å²) in [5.74, 6) is 7.25. The molecule has 0 aliphatic carbocycles. The van der Waals surface area contributed by atoms with E-state index < -0.39 is 0 Å². The molecule has 0 spiro atoms. The first kappa shape index (κ1) is 13.1. The van der Waals surface area contributed by atoms with Gasteiger partial charge in [0.1, 0.15) is 11.6 Å². The van der Waals surface area contributed by atoms with Gasteiger partial charge in [0.25, 0.3) is 0 Å². The normalized spacial score (nSPS) is 10.1. The van der Waals surface area contributed by atoms with Gasteiger partial charge in [-0.25, -0.2) is 10.8 Å². The number of nitrogens with one attached hydrogen (secondary N) is 2. The summed E-state index contributed by atoms with van der Waals surface area (Å²) in [5.41, 5.74) is 5.35. The third kappa shape index (κ3) is 2.92. The Morgan fingerprint density at radius 2 is 2.00 bits per heavy atom. The Kier molecular flexibility index (Phi) is 3.82. The van der Waals surface area contributed by atoms with E-state index in [1.807, 2.05) is 32.0 Å². The van der Waals surface area contributed by atoms with Crippen molar-refractivity contribution in [2.75, 3.05) is 17.9 Å². The van der Waals surface area contributed by atoms with E-state index in [0.29, 0.717) is 11.8 Å². The first-order valence-electron chi connectivity index (χ1n) is 5.86. The van der Waals surface area contributed by atoms with Gasteiger partial charge in [-0.2, -0.15) is 4.98 Å². The molecule has 0 amide bonds. The van der Waals surface area contributed by atoms with Gasteiger partial charge in [0.05, 0.1) is 7.11 Å². The average molecular weight is 259 g/mol. The average Bonchev–Trinajstić information content (AvgIpc) is 2.41. The molecule has 19 heavy (non-hydrogen) atoms. The van der Waals surface area contributed by atoms with Gasteiger partial charge in [-0.15, -0.1) is 0 Å². The number of hydrogen-bond acceptors (Lipinski definition) is 6. The first-order valence-corrected chi connectivity index (χ1v) is 5.86. The van der Waals surface area contributed by atoms with E-state index in [0.717, 1.165) is 22.6 Å². The van der Waals surface area contributed by atoms with E-state index in [2.05, 4.69) is 20.7 Å². The molecule has 2 aromatic rings. The van der Waals surface area contributed by atoms with Crippen LogP contribution in [0.1, 0.15) is 11.1 Å². The number of nitrogen functional groups attached to an aromatic ring is 1. The highest BCUT2D eigenvalue weighted by Gasteiger charge is 2.05. The number of aryl methyl sites for hydroxylation is 2. The summed E-state index contributed by atoms with van der Waals surface area (Å²) < 4.78 is 5.23. The van der Waals surface area contributed by atoms with Crippen molar-refractivity contribution in [1.29, 1.82) is 0 Å². The Hall–Kier alpha value is -2.34. The predicted octanol–water partition coefficient (Wildman–Crippen LogP) is 2.13. The van der Waals surface area contributed by atoms with E-state index in [-0.39, 0.29) is 0 Å². The number of nitrogens with zero attached hydrogens (tertiary/aromatic N) is 2. The molecule has 0 radical (unpaired) electrons. The molecule has 2 rings (SSSR count). The lowest BCUT2D eigenvalue weighted by atomic mass is 10.2. The van der Waals surface area contributed by atoms with Crippen LogP contribution in [0, 0.1) is 13.8 Å². The van der Waals surface area contributed by atoms with Gasteiger partial charge in [0, 0.05) is 17.4 Å². The first-order chi connectivity index (χ1) is 9.13. The third-order valence-electron chi connectivity index (χ3n) is 2.76. The van der Waals surface area contributed by atoms with Crippen molar-refractivity contribution in [3.05, 3.63) is 35.5 Å². The number of anilines is 3. The van der Waals surface area contributed by atoms with Gasteiger partial charge in [-0.05, 0) is 37.6 Å². The molecular weight excluding hydrogens is 242 g/mol. The Balaban J connectivity index is 2.28. The van der Waals surface area contributed by atoms with Crippen LogP contribution in [0.15, 0.2) is 24.4 Å². The van der Waals surface area contributed by atoms with Crippen LogP contribution in [0.2, 0.25) is 0 Å². The van der Waals surface area contributed by atoms with Gasteiger partial charge < -0.3 is 10.1 Å². The van der Waals surface area contributed by atoms with Crippen LogP contribution in [-0.4, -0.2) is 17.1 Å². The number of rotatable bonds is 4. The molecule has 6 nitrogen and oxygen atoms in total. The minimum Gasteiger partial charge on any atom is -0.496 e. The Morgan fingerprint density at radius 1 is 1.21 bits per heavy atom. The van der Waals surface area contributed by atoms with Crippen LogP contribution in [-0.2, 0) is 0 Å². The van der Waals surface area contributed by atoms with Crippen molar-refractivity contribution in [2.45, 2.75) is 13.8 Å². The zero-order valence-corrected chi connectivity index (χ0v) is 11.2. The molecule has 0 aliphatic heterocycles. The fourth-order valence-electron chi connectivity index (χ4n) is 1.73. The summed E-state index contributed by atoms with van der Waals surface area (Å²) in [6.45, 7) is 3.92. The van der Waals surface area contributed by atoms with Crippen LogP contribution >= 0.6 is 0 Å². The molecule has 0 bridgehead atoms. The molecule has 4 N–H and O–H groups in total. The van der Waals surface area contributed by atoms with E-state index in [4.69, 9.17) is 10.6 Å². The number of ether oxygens (including phenoxy) is 1. The van der Waals surface area contributed by atoms with Crippen LogP contribution < -0.4 is 21.3 Å². The van der Waals surface area contributed by atoms with Crippen molar-refractivity contribution in [1.82, 2.24) is 9.97 Å². The van der Waals surface area contributed by atoms with Crippen LogP contribution in [0.4, 0.5) is 17.5 Å². The van der Waals surface area contributed by atoms with Crippen molar-refractivity contribution in [3.8, 4) is 5.75 Å². The zero-order chi connectivity index (χ0) is 13.8. The van der Waals surface area contributed by atoms with Crippen molar-refractivity contribution in [3.63, 3.8) is 0 Å². The molecule has 1 aromatic carbocycles. The maximum atomic E-state index is 5.30. The largest absolute Gasteiger partial charge is 0.496 e. The number of aromatic nitrogens is 2. The minimum atomic E-state index is 0.373. The van der Waals surface area contributed by atoms with Crippen molar-refractivity contribution < 1.29 is 4.74 Å². The van der Waals surface area contributed by atoms with Gasteiger partial charge in [-0.3, -0.25) is 5.43 Å². The molecule has 6 heteroatoms. The Labute approximate surface area is 112 Å². The maximum absolute atomic E-state index is 5.30. The molecule has 0 saturated carbocycles. The SMILES string of the molecule is COc1ccc(Nc2nc(NN)ncc2C)cc1C. The number of methoxy groups -OCH3 is 1. The number of nitrogens with two attached hydrogens (primary N) is 1. The summed E-state index contributed by atoms with van der Waals surface area (Å²) in [6.07, 6.45) is 1.71. The zero-order valence-electron chi connectivity index (χ0n) is 11.2. The van der Waals surface area contributed by atoms with E-state index in [1.54, 1.807) is 13.3 Å². The second-order valence-corrected chi connectivity index (χ2v) is 4.18. The lowest BCUT2D eigenvalue weighted by Crippen LogP contribution is -2.11. The van der Waals surface area contributed by atoms with Crippen LogP contribution in [0.3, 0.4) is 0 Å². The highest BCUT2D eigenvalue weighted by Crippen LogP contribution is 2.24. The Morgan fingerprint density at radius 3 is 2.63 bits per heavy atom. The molecule has 0 saturated heterocycles. The fourth-order valence-corrected chi connectivity index (χ4v) is 1.73. The summed E-state index contributed by atoms with van der Waals surface area (Å²) in [5, 5.41) is 3.24. The minimum absolute atomic E-state index is 0.373. The summed E-state index contributed by atoms with van der Waals surface area (Å²) in [7, 11) is 1.66. The standard InChI is InChI=1S/C13H17N5O/c1-8-6-10(4-5-11(8)19-3)16-12-9(2)7-15-13(17-12)18-14/h4-7H,14H2,1-3H3,(H2,15,16,17,18). The van der Waals surface area contributed by atoms with Gasteiger partial charge in [0.2, 0.25) is 5.95 Å². The highest BCUT2D eigenvalue weighted by molar-refractivity contribution is 5.62. The molecule has 1 heterocycles. The topological polar surface area (TPSA) is 85.1 Å². The second kappa shape index (κ2) is 5.53. The number of hydrogen-bond donors (Lipinski definition) is 3. The molecule has 100 valence electrons. The summed E-state index contributed by atoms with van der Waals surface area (Å²) >= 11 is 0. The quantitative estimate of drug-likeness (QED) is 0.576. The third-order valence-corrected chi connectivity index (χ3v) is 2.76.